The number of anilines is 1. The normalized spacial score (nSPS) is 11.4. The first-order valence-corrected chi connectivity index (χ1v) is 5.74. The molecular weight excluding hydrogens is 289 g/mol. The van der Waals surface area contributed by atoms with Crippen LogP contribution in [0.1, 0.15) is 21.9 Å². The van der Waals surface area contributed by atoms with E-state index in [-0.39, 0.29) is 17.9 Å². The van der Waals surface area contributed by atoms with Crippen LogP contribution in [0.15, 0.2) is 18.5 Å². The predicted molar refractivity (Wildman–Crippen MR) is 66.1 cm³/mol. The van der Waals surface area contributed by atoms with E-state index in [2.05, 4.69) is 20.5 Å². The lowest BCUT2D eigenvalue weighted by molar-refractivity contribution is -0.141. The topological polar surface area (TPSA) is 98.7 Å². The van der Waals surface area contributed by atoms with Crippen LogP contribution < -0.4 is 11.1 Å². The number of pyridine rings is 1. The van der Waals surface area contributed by atoms with Gasteiger partial charge in [-0.25, -0.2) is 4.98 Å². The summed E-state index contributed by atoms with van der Waals surface area (Å²) in [6, 6.07) is 1.69. The highest BCUT2D eigenvalue weighted by molar-refractivity contribution is 5.97. The number of hydrogen-bond donors (Lipinski definition) is 2. The summed E-state index contributed by atoms with van der Waals surface area (Å²) in [5.74, 6) is -0.665. The highest BCUT2D eigenvalue weighted by Gasteiger charge is 2.33. The lowest BCUT2D eigenvalue weighted by atomic mass is 10.2. The quantitative estimate of drug-likeness (QED) is 0.875. The third-order valence-corrected chi connectivity index (χ3v) is 2.67. The van der Waals surface area contributed by atoms with Gasteiger partial charge in [-0.2, -0.15) is 13.2 Å². The molecule has 0 aromatic carbocycles. The van der Waals surface area contributed by atoms with Crippen LogP contribution in [0.3, 0.4) is 0 Å². The highest BCUT2D eigenvalue weighted by atomic mass is 19.4. The fraction of sp³-hybridized carbons (Fsp3) is 0.273. The Balaban J connectivity index is 2.31. The second-order valence-electron chi connectivity index (χ2n) is 4.17. The molecule has 7 nitrogen and oxygen atoms in total. The van der Waals surface area contributed by atoms with Gasteiger partial charge in [-0.15, -0.1) is 10.2 Å². The van der Waals surface area contributed by atoms with Crippen molar-refractivity contribution in [2.24, 2.45) is 12.8 Å². The molecule has 2 aromatic heterocycles. The molecule has 0 radical (unpaired) electrons. The van der Waals surface area contributed by atoms with E-state index < -0.39 is 17.8 Å². The molecule has 0 fully saturated rings. The molecule has 0 aliphatic heterocycles. The van der Waals surface area contributed by atoms with E-state index in [1.165, 1.54) is 6.33 Å². The van der Waals surface area contributed by atoms with Crippen LogP contribution in [-0.2, 0) is 19.8 Å². The van der Waals surface area contributed by atoms with Crippen molar-refractivity contribution >= 4 is 11.7 Å². The van der Waals surface area contributed by atoms with Gasteiger partial charge in [-0.05, 0) is 12.1 Å². The maximum absolute atomic E-state index is 12.6. The number of nitrogens with two attached hydrogens (primary N) is 1. The molecule has 0 atom stereocenters. The summed E-state index contributed by atoms with van der Waals surface area (Å²) in [5.41, 5.74) is 3.87. The Labute approximate surface area is 117 Å². The first-order valence-electron chi connectivity index (χ1n) is 5.74. The number of hydrogen-bond acceptors (Lipinski definition) is 5. The third-order valence-electron chi connectivity index (χ3n) is 2.67. The van der Waals surface area contributed by atoms with E-state index >= 15 is 0 Å². The van der Waals surface area contributed by atoms with Gasteiger partial charge in [-0.3, -0.25) is 4.79 Å². The molecule has 0 saturated heterocycles. The maximum Gasteiger partial charge on any atom is 0.433 e. The molecule has 2 rings (SSSR count). The molecular formula is C11H11F3N6O. The van der Waals surface area contributed by atoms with Crippen molar-refractivity contribution in [3.8, 4) is 0 Å². The van der Waals surface area contributed by atoms with Gasteiger partial charge < -0.3 is 15.6 Å². The molecule has 2 aromatic rings. The summed E-state index contributed by atoms with van der Waals surface area (Å²) in [6.07, 6.45) is -3.18. The fourth-order valence-corrected chi connectivity index (χ4v) is 1.58. The van der Waals surface area contributed by atoms with Crippen LogP contribution >= 0.6 is 0 Å². The van der Waals surface area contributed by atoms with Crippen molar-refractivity contribution in [3.63, 3.8) is 0 Å². The van der Waals surface area contributed by atoms with E-state index in [1.54, 1.807) is 11.6 Å². The first-order chi connectivity index (χ1) is 9.79. The Bertz CT molecular complexity index is 666. The summed E-state index contributed by atoms with van der Waals surface area (Å²) < 4.78 is 39.5. The van der Waals surface area contributed by atoms with E-state index in [9.17, 15) is 18.0 Å². The monoisotopic (exact) mass is 300 g/mol. The number of rotatable bonds is 4. The van der Waals surface area contributed by atoms with Gasteiger partial charge in [0.05, 0.1) is 12.1 Å². The maximum atomic E-state index is 12.6. The number of primary amides is 1. The standard InChI is InChI=1S/C11H11F3N6O/c1-20-5-17-19-8(20)4-16-10-6(9(15)21)2-3-7(18-10)11(12,13)14/h2-3,5H,4H2,1H3,(H2,15,21)(H,16,18). The number of nitrogens with zero attached hydrogens (tertiary/aromatic N) is 4. The van der Waals surface area contributed by atoms with Gasteiger partial charge in [-0.1, -0.05) is 0 Å². The molecule has 0 bridgehead atoms. The highest BCUT2D eigenvalue weighted by Crippen LogP contribution is 2.29. The van der Waals surface area contributed by atoms with Gasteiger partial charge in [0.25, 0.3) is 5.91 Å². The summed E-state index contributed by atoms with van der Waals surface area (Å²) in [5, 5.41) is 10.0. The van der Waals surface area contributed by atoms with Gasteiger partial charge in [0.1, 0.15) is 17.8 Å². The second-order valence-corrected chi connectivity index (χ2v) is 4.17. The molecule has 0 aliphatic carbocycles. The zero-order valence-corrected chi connectivity index (χ0v) is 10.8. The molecule has 0 spiro atoms. The van der Waals surface area contributed by atoms with Crippen LogP contribution in [0.5, 0.6) is 0 Å². The molecule has 112 valence electrons. The molecule has 1 amide bonds. The molecule has 0 saturated carbocycles. The average molecular weight is 300 g/mol. The van der Waals surface area contributed by atoms with Crippen LogP contribution in [0.25, 0.3) is 0 Å². The van der Waals surface area contributed by atoms with Crippen LogP contribution in [0.4, 0.5) is 19.0 Å². The van der Waals surface area contributed by atoms with Crippen molar-refractivity contribution in [1.82, 2.24) is 19.7 Å². The number of halogens is 3. The minimum absolute atomic E-state index is 0.0467. The summed E-state index contributed by atoms with van der Waals surface area (Å²) in [4.78, 5) is 14.6. The Morgan fingerprint density at radius 2 is 2.14 bits per heavy atom. The van der Waals surface area contributed by atoms with Crippen LogP contribution in [0.2, 0.25) is 0 Å². The van der Waals surface area contributed by atoms with E-state index in [0.29, 0.717) is 11.9 Å². The largest absolute Gasteiger partial charge is 0.433 e. The smallest absolute Gasteiger partial charge is 0.365 e. The SMILES string of the molecule is Cn1cnnc1CNc1nc(C(F)(F)F)ccc1C(N)=O. The molecule has 10 heteroatoms. The Morgan fingerprint density at radius 3 is 2.67 bits per heavy atom. The average Bonchev–Trinajstić information content (AvgIpc) is 2.80. The minimum Gasteiger partial charge on any atom is -0.365 e. The number of alkyl halides is 3. The van der Waals surface area contributed by atoms with Crippen molar-refractivity contribution < 1.29 is 18.0 Å². The first kappa shape index (κ1) is 14.8. The zero-order chi connectivity index (χ0) is 15.6. The Kier molecular flexibility index (Phi) is 3.78. The number of nitrogens with one attached hydrogen (secondary N) is 1. The number of aryl methyl sites for hydroxylation is 1. The zero-order valence-electron chi connectivity index (χ0n) is 10.8. The molecule has 0 aliphatic rings. The third kappa shape index (κ3) is 3.27. The van der Waals surface area contributed by atoms with Crippen molar-refractivity contribution in [2.45, 2.75) is 12.7 Å². The van der Waals surface area contributed by atoms with E-state index in [1.807, 2.05) is 0 Å². The van der Waals surface area contributed by atoms with Crippen molar-refractivity contribution in [3.05, 3.63) is 35.5 Å². The molecule has 3 N–H and O–H groups in total. The van der Waals surface area contributed by atoms with Gasteiger partial charge in [0.2, 0.25) is 0 Å². The van der Waals surface area contributed by atoms with Crippen LogP contribution in [0, 0.1) is 0 Å². The summed E-state index contributed by atoms with van der Waals surface area (Å²) in [7, 11) is 1.67. The van der Waals surface area contributed by atoms with Gasteiger partial charge in [0.15, 0.2) is 5.82 Å². The summed E-state index contributed by atoms with van der Waals surface area (Å²) >= 11 is 0. The second kappa shape index (κ2) is 5.38. The van der Waals surface area contributed by atoms with Gasteiger partial charge in [0, 0.05) is 7.05 Å². The van der Waals surface area contributed by atoms with E-state index in [0.717, 1.165) is 6.07 Å². The lowest BCUT2D eigenvalue weighted by Crippen LogP contribution is -2.19. The fourth-order valence-electron chi connectivity index (χ4n) is 1.58. The van der Waals surface area contributed by atoms with Gasteiger partial charge >= 0.3 is 6.18 Å². The molecule has 21 heavy (non-hydrogen) atoms. The van der Waals surface area contributed by atoms with Crippen LogP contribution in [-0.4, -0.2) is 25.7 Å². The number of carbonyl (C=O) groups excluding carboxylic acids is 1. The van der Waals surface area contributed by atoms with Crippen molar-refractivity contribution in [2.75, 3.05) is 5.32 Å². The molecule has 0 unspecified atom stereocenters. The Morgan fingerprint density at radius 1 is 1.43 bits per heavy atom. The minimum atomic E-state index is -4.61. The van der Waals surface area contributed by atoms with Crippen molar-refractivity contribution in [1.29, 1.82) is 0 Å². The number of amides is 1. The number of aromatic nitrogens is 4. The predicted octanol–water partition coefficient (Wildman–Crippen LogP) is 0.940. The summed E-state index contributed by atoms with van der Waals surface area (Å²) in [6.45, 7) is 0.0467. The Hall–Kier alpha value is -2.65. The lowest BCUT2D eigenvalue weighted by Gasteiger charge is -2.12. The van der Waals surface area contributed by atoms with E-state index in [4.69, 9.17) is 5.73 Å². The number of carbonyl (C=O) groups is 1. The molecule has 2 heterocycles.